The van der Waals surface area contributed by atoms with Gasteiger partial charge in [0.2, 0.25) is 5.91 Å². The van der Waals surface area contributed by atoms with Crippen molar-refractivity contribution in [3.63, 3.8) is 0 Å². The van der Waals surface area contributed by atoms with Crippen LogP contribution in [0.5, 0.6) is 0 Å². The molecule has 10 heteroatoms. The summed E-state index contributed by atoms with van der Waals surface area (Å²) in [5, 5.41) is 13.8. The van der Waals surface area contributed by atoms with Crippen LogP contribution in [0.2, 0.25) is 10.0 Å². The van der Waals surface area contributed by atoms with Crippen LogP contribution < -0.4 is 10.9 Å². The molecule has 0 aliphatic heterocycles. The molecular formula is C18H15Cl2N3O4S. The smallest absolute Gasteiger partial charge is 0.337 e. The standard InChI is InChI=1S/C18H15Cl2N3O4S/c1-8(2)15-22-16-13(9(7-28-16)18(26)27)17(25)23(15)6-12(24)21-11-5-3-4-10(19)14(11)20/h3-5,7-8H,6H2,1-2H3,(H,21,24)(H,26,27). The zero-order chi connectivity index (χ0) is 20.6. The molecule has 0 bridgehead atoms. The zero-order valence-corrected chi connectivity index (χ0v) is 17.2. The lowest BCUT2D eigenvalue weighted by molar-refractivity contribution is -0.116. The Morgan fingerprint density at radius 2 is 2.04 bits per heavy atom. The number of carboxylic acids is 1. The third kappa shape index (κ3) is 3.76. The normalized spacial score (nSPS) is 11.2. The van der Waals surface area contributed by atoms with E-state index >= 15 is 0 Å². The number of fused-ring (bicyclic) bond motifs is 1. The van der Waals surface area contributed by atoms with Gasteiger partial charge in [0.15, 0.2) is 0 Å². The fraction of sp³-hybridized carbons (Fsp3) is 0.222. The summed E-state index contributed by atoms with van der Waals surface area (Å²) >= 11 is 13.1. The minimum Gasteiger partial charge on any atom is -0.478 e. The van der Waals surface area contributed by atoms with Gasteiger partial charge in [-0.25, -0.2) is 9.78 Å². The molecule has 0 aliphatic carbocycles. The van der Waals surface area contributed by atoms with Gasteiger partial charge in [0, 0.05) is 11.3 Å². The molecule has 0 saturated carbocycles. The number of nitrogens with one attached hydrogen (secondary N) is 1. The van der Waals surface area contributed by atoms with Crippen molar-refractivity contribution >= 4 is 62.3 Å². The highest BCUT2D eigenvalue weighted by atomic mass is 35.5. The Kier molecular flexibility index (Phi) is 5.74. The van der Waals surface area contributed by atoms with Crippen LogP contribution in [-0.2, 0) is 11.3 Å². The highest BCUT2D eigenvalue weighted by Gasteiger charge is 2.22. The third-order valence-electron chi connectivity index (χ3n) is 4.00. The summed E-state index contributed by atoms with van der Waals surface area (Å²) in [5.74, 6) is -1.50. The molecule has 0 aliphatic rings. The molecule has 0 saturated heterocycles. The van der Waals surface area contributed by atoms with Gasteiger partial charge in [-0.05, 0) is 12.1 Å². The first-order valence-corrected chi connectivity index (χ1v) is 9.83. The molecule has 146 valence electrons. The quantitative estimate of drug-likeness (QED) is 0.619. The summed E-state index contributed by atoms with van der Waals surface area (Å²) in [6, 6.07) is 4.80. The molecule has 2 heterocycles. The second-order valence-corrected chi connectivity index (χ2v) is 7.94. The van der Waals surface area contributed by atoms with E-state index in [1.54, 1.807) is 18.2 Å². The molecule has 2 aromatic heterocycles. The van der Waals surface area contributed by atoms with Crippen molar-refractivity contribution in [2.45, 2.75) is 26.3 Å². The van der Waals surface area contributed by atoms with Gasteiger partial charge in [-0.15, -0.1) is 11.3 Å². The largest absolute Gasteiger partial charge is 0.478 e. The first-order chi connectivity index (χ1) is 13.2. The van der Waals surface area contributed by atoms with Gasteiger partial charge in [0.25, 0.3) is 5.56 Å². The number of carbonyl (C=O) groups is 2. The Balaban J connectivity index is 2.04. The Bertz CT molecular complexity index is 1150. The van der Waals surface area contributed by atoms with E-state index in [-0.39, 0.29) is 33.5 Å². The number of thiophene rings is 1. The summed E-state index contributed by atoms with van der Waals surface area (Å²) < 4.78 is 1.19. The molecule has 28 heavy (non-hydrogen) atoms. The Morgan fingerprint density at radius 3 is 2.68 bits per heavy atom. The highest BCUT2D eigenvalue weighted by molar-refractivity contribution is 7.17. The number of hydrogen-bond acceptors (Lipinski definition) is 5. The van der Waals surface area contributed by atoms with Gasteiger partial charge in [0.1, 0.15) is 17.2 Å². The zero-order valence-electron chi connectivity index (χ0n) is 14.8. The minimum absolute atomic E-state index is 0.00418. The van der Waals surface area contributed by atoms with Crippen molar-refractivity contribution in [2.24, 2.45) is 0 Å². The van der Waals surface area contributed by atoms with E-state index in [1.165, 1.54) is 9.95 Å². The number of carbonyl (C=O) groups excluding carboxylic acids is 1. The van der Waals surface area contributed by atoms with Crippen LogP contribution in [0.25, 0.3) is 10.2 Å². The minimum atomic E-state index is -1.22. The summed E-state index contributed by atoms with van der Waals surface area (Å²) in [6.45, 7) is 3.33. The van der Waals surface area contributed by atoms with Crippen LogP contribution in [0, 0.1) is 0 Å². The number of benzene rings is 1. The molecule has 0 atom stereocenters. The number of rotatable bonds is 5. The van der Waals surface area contributed by atoms with Gasteiger partial charge >= 0.3 is 5.97 Å². The van der Waals surface area contributed by atoms with E-state index in [2.05, 4.69) is 10.3 Å². The van der Waals surface area contributed by atoms with Crippen molar-refractivity contribution in [3.05, 3.63) is 55.4 Å². The average Bonchev–Trinajstić information content (AvgIpc) is 3.05. The molecule has 1 aromatic carbocycles. The first kappa shape index (κ1) is 20.3. The van der Waals surface area contributed by atoms with E-state index in [4.69, 9.17) is 23.2 Å². The maximum atomic E-state index is 13.0. The van der Waals surface area contributed by atoms with Gasteiger partial charge in [0.05, 0.1) is 26.7 Å². The van der Waals surface area contributed by atoms with Crippen molar-refractivity contribution in [3.8, 4) is 0 Å². The number of nitrogens with zero attached hydrogens (tertiary/aromatic N) is 2. The molecule has 3 aromatic rings. The Labute approximate surface area is 173 Å². The molecule has 0 spiro atoms. The number of carboxylic acid groups (broad SMARTS) is 1. The van der Waals surface area contributed by atoms with Crippen molar-refractivity contribution in [1.29, 1.82) is 0 Å². The Hall–Kier alpha value is -2.42. The van der Waals surface area contributed by atoms with Crippen molar-refractivity contribution in [1.82, 2.24) is 9.55 Å². The van der Waals surface area contributed by atoms with Gasteiger partial charge in [-0.2, -0.15) is 0 Å². The number of halogens is 2. The van der Waals surface area contributed by atoms with E-state index in [0.29, 0.717) is 16.3 Å². The maximum absolute atomic E-state index is 13.0. The second-order valence-electron chi connectivity index (χ2n) is 6.30. The van der Waals surface area contributed by atoms with E-state index in [9.17, 15) is 19.5 Å². The van der Waals surface area contributed by atoms with Crippen LogP contribution in [-0.4, -0.2) is 26.5 Å². The predicted molar refractivity (Wildman–Crippen MR) is 110 cm³/mol. The molecular weight excluding hydrogens is 425 g/mol. The highest BCUT2D eigenvalue weighted by Crippen LogP contribution is 2.29. The first-order valence-electron chi connectivity index (χ1n) is 8.19. The fourth-order valence-electron chi connectivity index (χ4n) is 2.72. The summed E-state index contributed by atoms with van der Waals surface area (Å²) in [7, 11) is 0. The number of anilines is 1. The average molecular weight is 440 g/mol. The number of amides is 1. The van der Waals surface area contributed by atoms with E-state index in [1.807, 2.05) is 13.8 Å². The van der Waals surface area contributed by atoms with Crippen LogP contribution in [0.3, 0.4) is 0 Å². The van der Waals surface area contributed by atoms with Gasteiger partial charge < -0.3 is 10.4 Å². The van der Waals surface area contributed by atoms with Crippen LogP contribution >= 0.6 is 34.5 Å². The number of hydrogen-bond donors (Lipinski definition) is 2. The fourth-order valence-corrected chi connectivity index (χ4v) is 3.98. The lowest BCUT2D eigenvalue weighted by Gasteiger charge is -2.15. The predicted octanol–water partition coefficient (Wildman–Crippen LogP) is 4.23. The Morgan fingerprint density at radius 1 is 1.32 bits per heavy atom. The van der Waals surface area contributed by atoms with Crippen LogP contribution in [0.1, 0.15) is 35.9 Å². The second kappa shape index (κ2) is 7.90. The van der Waals surface area contributed by atoms with Crippen molar-refractivity contribution in [2.75, 3.05) is 5.32 Å². The summed E-state index contributed by atoms with van der Waals surface area (Å²) in [5.41, 5.74) is -0.381. The lowest BCUT2D eigenvalue weighted by Crippen LogP contribution is -2.32. The number of aromatic carboxylic acids is 1. The van der Waals surface area contributed by atoms with Crippen LogP contribution in [0.4, 0.5) is 5.69 Å². The molecule has 1 amide bonds. The number of aromatic nitrogens is 2. The van der Waals surface area contributed by atoms with E-state index < -0.39 is 17.4 Å². The van der Waals surface area contributed by atoms with Gasteiger partial charge in [-0.3, -0.25) is 14.2 Å². The lowest BCUT2D eigenvalue weighted by atomic mass is 10.2. The SMILES string of the molecule is CC(C)c1nc2scc(C(=O)O)c2c(=O)n1CC(=O)Nc1cccc(Cl)c1Cl. The molecule has 7 nitrogen and oxygen atoms in total. The molecule has 0 unspecified atom stereocenters. The van der Waals surface area contributed by atoms with Gasteiger partial charge in [-0.1, -0.05) is 43.1 Å². The monoisotopic (exact) mass is 439 g/mol. The summed E-state index contributed by atoms with van der Waals surface area (Å²) in [4.78, 5) is 41.7. The van der Waals surface area contributed by atoms with Crippen molar-refractivity contribution < 1.29 is 14.7 Å². The topological polar surface area (TPSA) is 101 Å². The molecule has 0 fully saturated rings. The summed E-state index contributed by atoms with van der Waals surface area (Å²) in [6.07, 6.45) is 0. The molecule has 3 rings (SSSR count). The molecule has 2 N–H and O–H groups in total. The maximum Gasteiger partial charge on any atom is 0.337 e. The third-order valence-corrected chi connectivity index (χ3v) is 5.69. The van der Waals surface area contributed by atoms with Crippen LogP contribution in [0.15, 0.2) is 28.4 Å². The van der Waals surface area contributed by atoms with E-state index in [0.717, 1.165) is 11.3 Å². The molecule has 0 radical (unpaired) electrons.